The lowest BCUT2D eigenvalue weighted by atomic mass is 10.1. The molecule has 26 heavy (non-hydrogen) atoms. The molecule has 2 fully saturated rings. The number of hydrogen-bond acceptors (Lipinski definition) is 5. The largest absolute Gasteiger partial charge is 0.496 e. The maximum absolute atomic E-state index is 13.6. The first kappa shape index (κ1) is 17.4. The minimum Gasteiger partial charge on any atom is -0.496 e. The Kier molecular flexibility index (Phi) is 4.44. The van der Waals surface area contributed by atoms with Crippen molar-refractivity contribution in [2.45, 2.75) is 25.9 Å². The predicted molar refractivity (Wildman–Crippen MR) is 96.7 cm³/mol. The molecule has 1 aliphatic carbocycles. The van der Waals surface area contributed by atoms with E-state index >= 15 is 0 Å². The van der Waals surface area contributed by atoms with Gasteiger partial charge in [-0.1, -0.05) is 6.92 Å². The highest BCUT2D eigenvalue weighted by molar-refractivity contribution is 7.10. The molecule has 0 radical (unpaired) electrons. The summed E-state index contributed by atoms with van der Waals surface area (Å²) in [5, 5.41) is 2.67. The van der Waals surface area contributed by atoms with E-state index in [0.29, 0.717) is 36.7 Å². The minimum atomic E-state index is -0.335. The molecule has 0 spiro atoms. The molecule has 2 heterocycles. The Balaban J connectivity index is 1.54. The van der Waals surface area contributed by atoms with Crippen molar-refractivity contribution in [3.05, 3.63) is 34.4 Å². The van der Waals surface area contributed by atoms with Crippen LogP contribution in [0, 0.1) is 11.2 Å². The van der Waals surface area contributed by atoms with Crippen LogP contribution in [0.2, 0.25) is 0 Å². The van der Waals surface area contributed by atoms with Crippen molar-refractivity contribution in [2.75, 3.05) is 26.8 Å². The minimum absolute atomic E-state index is 0.176. The van der Waals surface area contributed by atoms with Gasteiger partial charge in [0.2, 0.25) is 5.91 Å². The van der Waals surface area contributed by atoms with Gasteiger partial charge in [0.1, 0.15) is 22.7 Å². The number of halogens is 1. The fraction of sp³-hybridized carbons (Fsp3) is 0.474. The van der Waals surface area contributed by atoms with Crippen LogP contribution in [0.15, 0.2) is 23.6 Å². The highest BCUT2D eigenvalue weighted by Crippen LogP contribution is 2.47. The molecular weight excluding hydrogens is 355 g/mol. The number of aromatic nitrogens is 1. The normalized spacial score (nSPS) is 21.5. The van der Waals surface area contributed by atoms with Gasteiger partial charge in [0.25, 0.3) is 0 Å². The van der Waals surface area contributed by atoms with E-state index in [1.807, 2.05) is 17.2 Å². The van der Waals surface area contributed by atoms with E-state index < -0.39 is 0 Å². The molecule has 0 N–H and O–H groups in total. The fourth-order valence-electron chi connectivity index (χ4n) is 3.21. The third kappa shape index (κ3) is 3.21. The van der Waals surface area contributed by atoms with Gasteiger partial charge in [-0.15, -0.1) is 11.3 Å². The number of hydrogen-bond donors (Lipinski definition) is 0. The molecule has 1 unspecified atom stereocenters. The zero-order chi connectivity index (χ0) is 18.3. The number of carbonyl (C=O) groups is 1. The van der Waals surface area contributed by atoms with Gasteiger partial charge in [0.05, 0.1) is 26.0 Å². The SMILES string of the molecule is COc1ccc(F)cc1-c1csc(C2CN(C(=O)C3(C)CC3)CCO2)n1. The Labute approximate surface area is 155 Å². The molecule has 4 rings (SSSR count). The number of carbonyl (C=O) groups excluding carboxylic acids is 1. The summed E-state index contributed by atoms with van der Waals surface area (Å²) in [4.78, 5) is 19.1. The molecule has 0 bridgehead atoms. The van der Waals surface area contributed by atoms with Gasteiger partial charge in [-0.05, 0) is 31.0 Å². The molecular formula is C19H21FN2O3S. The van der Waals surface area contributed by atoms with E-state index in [0.717, 1.165) is 17.8 Å². The van der Waals surface area contributed by atoms with Crippen LogP contribution in [-0.4, -0.2) is 42.6 Å². The first-order valence-corrected chi connectivity index (χ1v) is 9.58. The molecule has 7 heteroatoms. The summed E-state index contributed by atoms with van der Waals surface area (Å²) in [5.74, 6) is 0.458. The molecule has 2 aromatic rings. The van der Waals surface area contributed by atoms with Gasteiger partial charge in [-0.2, -0.15) is 0 Å². The van der Waals surface area contributed by atoms with E-state index in [1.54, 1.807) is 13.2 Å². The van der Waals surface area contributed by atoms with Crippen molar-refractivity contribution < 1.29 is 18.7 Å². The fourth-order valence-corrected chi connectivity index (χ4v) is 4.06. The number of amides is 1. The van der Waals surface area contributed by atoms with Crippen LogP contribution in [-0.2, 0) is 9.53 Å². The Morgan fingerprint density at radius 3 is 3.00 bits per heavy atom. The number of rotatable bonds is 4. The Hall–Kier alpha value is -1.99. The standard InChI is InChI=1S/C19H21FN2O3S/c1-19(5-6-19)18(23)22-7-8-25-16(10-22)17-21-14(11-26-17)13-9-12(20)3-4-15(13)24-2/h3-4,9,11,16H,5-8,10H2,1-2H3. The lowest BCUT2D eigenvalue weighted by Crippen LogP contribution is -2.45. The molecule has 1 aromatic carbocycles. The summed E-state index contributed by atoms with van der Waals surface area (Å²) in [6.45, 7) is 3.67. The molecule has 138 valence electrons. The third-order valence-electron chi connectivity index (χ3n) is 5.10. The van der Waals surface area contributed by atoms with Gasteiger partial charge >= 0.3 is 0 Å². The van der Waals surface area contributed by atoms with Crippen molar-refractivity contribution in [1.82, 2.24) is 9.88 Å². The van der Waals surface area contributed by atoms with E-state index in [4.69, 9.17) is 9.47 Å². The van der Waals surface area contributed by atoms with Gasteiger partial charge in [0, 0.05) is 22.9 Å². The van der Waals surface area contributed by atoms with Crippen LogP contribution in [0.4, 0.5) is 4.39 Å². The number of ether oxygens (including phenoxy) is 2. The van der Waals surface area contributed by atoms with Crippen molar-refractivity contribution >= 4 is 17.2 Å². The van der Waals surface area contributed by atoms with E-state index in [9.17, 15) is 9.18 Å². The zero-order valence-electron chi connectivity index (χ0n) is 14.8. The summed E-state index contributed by atoms with van der Waals surface area (Å²) < 4.78 is 24.8. The smallest absolute Gasteiger partial charge is 0.228 e. The second kappa shape index (κ2) is 6.63. The highest BCUT2D eigenvalue weighted by atomic mass is 32.1. The summed E-state index contributed by atoms with van der Waals surface area (Å²) in [6, 6.07) is 4.38. The second-order valence-corrected chi connectivity index (χ2v) is 7.98. The van der Waals surface area contributed by atoms with E-state index in [2.05, 4.69) is 4.98 Å². The van der Waals surface area contributed by atoms with Crippen molar-refractivity contribution in [2.24, 2.45) is 5.41 Å². The first-order chi connectivity index (χ1) is 12.5. The molecule has 1 aliphatic heterocycles. The summed E-state index contributed by atoms with van der Waals surface area (Å²) >= 11 is 1.46. The van der Waals surface area contributed by atoms with Crippen LogP contribution < -0.4 is 4.74 Å². The van der Waals surface area contributed by atoms with Crippen molar-refractivity contribution in [3.63, 3.8) is 0 Å². The number of thiazole rings is 1. The third-order valence-corrected chi connectivity index (χ3v) is 6.04. The van der Waals surface area contributed by atoms with Gasteiger partial charge in [-0.25, -0.2) is 9.37 Å². The zero-order valence-corrected chi connectivity index (χ0v) is 15.6. The van der Waals surface area contributed by atoms with E-state index in [1.165, 1.54) is 23.5 Å². The predicted octanol–water partition coefficient (Wildman–Crippen LogP) is 3.66. The van der Waals surface area contributed by atoms with Crippen LogP contribution in [0.25, 0.3) is 11.3 Å². The average molecular weight is 376 g/mol. The second-order valence-electron chi connectivity index (χ2n) is 7.09. The number of methoxy groups -OCH3 is 1. The number of nitrogens with zero attached hydrogens (tertiary/aromatic N) is 2. The maximum atomic E-state index is 13.6. The lowest BCUT2D eigenvalue weighted by molar-refractivity contribution is -0.144. The topological polar surface area (TPSA) is 51.7 Å². The van der Waals surface area contributed by atoms with E-state index in [-0.39, 0.29) is 23.2 Å². The van der Waals surface area contributed by atoms with Crippen LogP contribution in [0.3, 0.4) is 0 Å². The average Bonchev–Trinajstić information content (AvgIpc) is 3.22. The molecule has 5 nitrogen and oxygen atoms in total. The summed E-state index contributed by atoms with van der Waals surface area (Å²) in [6.07, 6.45) is 1.69. The van der Waals surface area contributed by atoms with Crippen molar-refractivity contribution in [1.29, 1.82) is 0 Å². The van der Waals surface area contributed by atoms with Gasteiger partial charge < -0.3 is 14.4 Å². The maximum Gasteiger partial charge on any atom is 0.228 e. The van der Waals surface area contributed by atoms with Crippen LogP contribution >= 0.6 is 11.3 Å². The van der Waals surface area contributed by atoms with Gasteiger partial charge in [-0.3, -0.25) is 4.79 Å². The molecule has 1 saturated heterocycles. The lowest BCUT2D eigenvalue weighted by Gasteiger charge is -2.33. The highest BCUT2D eigenvalue weighted by Gasteiger charge is 2.48. The number of morpholine rings is 1. The quantitative estimate of drug-likeness (QED) is 0.817. The molecule has 1 atom stereocenters. The molecule has 1 amide bonds. The Morgan fingerprint density at radius 2 is 2.27 bits per heavy atom. The number of benzene rings is 1. The van der Waals surface area contributed by atoms with Crippen molar-refractivity contribution in [3.8, 4) is 17.0 Å². The Morgan fingerprint density at radius 1 is 1.46 bits per heavy atom. The molecule has 2 aliphatic rings. The van der Waals surface area contributed by atoms with Crippen LogP contribution in [0.1, 0.15) is 30.9 Å². The van der Waals surface area contributed by atoms with Crippen LogP contribution in [0.5, 0.6) is 5.75 Å². The molecule has 1 saturated carbocycles. The molecule has 1 aromatic heterocycles. The Bertz CT molecular complexity index is 834. The first-order valence-electron chi connectivity index (χ1n) is 8.70. The monoisotopic (exact) mass is 376 g/mol. The van der Waals surface area contributed by atoms with Gasteiger partial charge in [0.15, 0.2) is 0 Å². The summed E-state index contributed by atoms with van der Waals surface area (Å²) in [5.41, 5.74) is 1.09. The summed E-state index contributed by atoms with van der Waals surface area (Å²) in [7, 11) is 1.55.